The topological polar surface area (TPSA) is 112 Å². The van der Waals surface area contributed by atoms with E-state index in [2.05, 4.69) is 10.0 Å². The molecule has 0 radical (unpaired) electrons. The molecule has 1 aromatic carbocycles. The van der Waals surface area contributed by atoms with Gasteiger partial charge in [-0.25, -0.2) is 0 Å². The van der Waals surface area contributed by atoms with Crippen LogP contribution in [0.1, 0.15) is 12.0 Å². The van der Waals surface area contributed by atoms with E-state index in [9.17, 15) is 15.2 Å². The minimum atomic E-state index is -0.531. The summed E-state index contributed by atoms with van der Waals surface area (Å²) in [6, 6.07) is 3.78. The molecule has 0 saturated heterocycles. The van der Waals surface area contributed by atoms with Crippen molar-refractivity contribution in [3.63, 3.8) is 0 Å². The first-order valence-corrected chi connectivity index (χ1v) is 4.80. The van der Waals surface area contributed by atoms with Crippen molar-refractivity contribution < 1.29 is 10.0 Å². The fourth-order valence-electron chi connectivity index (χ4n) is 1.18. The molecule has 7 heteroatoms. The number of benzene rings is 1. The molecule has 0 spiro atoms. The molecule has 0 saturated carbocycles. The zero-order chi connectivity index (χ0) is 12.7. The Hall–Kier alpha value is -2.53. The lowest BCUT2D eigenvalue weighted by atomic mass is 10.1. The van der Waals surface area contributed by atoms with Crippen molar-refractivity contribution in [2.45, 2.75) is 6.42 Å². The lowest BCUT2D eigenvalue weighted by molar-refractivity contribution is -0.384. The maximum Gasteiger partial charge on any atom is 0.270 e. The molecular formula is C10H10N4O3. The van der Waals surface area contributed by atoms with Crippen LogP contribution in [0.4, 0.5) is 5.69 Å². The molecule has 1 aromatic rings. The average Bonchev–Trinajstić information content (AvgIpc) is 2.30. The van der Waals surface area contributed by atoms with Crippen LogP contribution in [0.5, 0.6) is 5.75 Å². The third-order valence-corrected chi connectivity index (χ3v) is 1.98. The van der Waals surface area contributed by atoms with E-state index in [1.54, 1.807) is 12.2 Å². The van der Waals surface area contributed by atoms with Gasteiger partial charge in [0, 0.05) is 29.2 Å². The Morgan fingerprint density at radius 1 is 1.59 bits per heavy atom. The smallest absolute Gasteiger partial charge is 0.270 e. The summed E-state index contributed by atoms with van der Waals surface area (Å²) in [6.07, 6.45) is 3.73. The molecule has 17 heavy (non-hydrogen) atoms. The maximum absolute atomic E-state index is 10.5. The van der Waals surface area contributed by atoms with Crippen molar-refractivity contribution in [3.8, 4) is 5.75 Å². The van der Waals surface area contributed by atoms with E-state index in [4.69, 9.17) is 5.53 Å². The van der Waals surface area contributed by atoms with E-state index in [1.165, 1.54) is 18.2 Å². The Kier molecular flexibility index (Phi) is 4.53. The van der Waals surface area contributed by atoms with E-state index in [1.807, 2.05) is 0 Å². The van der Waals surface area contributed by atoms with Crippen LogP contribution in [-0.2, 0) is 0 Å². The molecule has 0 fully saturated rings. The van der Waals surface area contributed by atoms with Gasteiger partial charge in [0.1, 0.15) is 5.75 Å². The third-order valence-electron chi connectivity index (χ3n) is 1.98. The summed E-state index contributed by atoms with van der Waals surface area (Å²) in [6.45, 7) is 0.308. The first kappa shape index (κ1) is 12.5. The first-order valence-electron chi connectivity index (χ1n) is 4.80. The number of hydrogen-bond donors (Lipinski definition) is 1. The van der Waals surface area contributed by atoms with Crippen molar-refractivity contribution in [2.24, 2.45) is 5.11 Å². The zero-order valence-electron chi connectivity index (χ0n) is 8.85. The lowest BCUT2D eigenvalue weighted by Crippen LogP contribution is -1.88. The molecule has 0 atom stereocenters. The second-order valence-corrected chi connectivity index (χ2v) is 3.15. The minimum Gasteiger partial charge on any atom is -0.507 e. The van der Waals surface area contributed by atoms with Crippen molar-refractivity contribution in [2.75, 3.05) is 6.54 Å². The Labute approximate surface area is 96.8 Å². The molecule has 0 aliphatic carbocycles. The molecule has 7 nitrogen and oxygen atoms in total. The molecule has 0 amide bonds. The van der Waals surface area contributed by atoms with Gasteiger partial charge < -0.3 is 5.11 Å². The van der Waals surface area contributed by atoms with Crippen molar-refractivity contribution in [3.05, 3.63) is 50.4 Å². The van der Waals surface area contributed by atoms with Crippen LogP contribution in [0, 0.1) is 10.1 Å². The van der Waals surface area contributed by atoms with E-state index in [0.717, 1.165) is 0 Å². The van der Waals surface area contributed by atoms with Crippen LogP contribution < -0.4 is 0 Å². The van der Waals surface area contributed by atoms with Gasteiger partial charge in [-0.05, 0) is 18.0 Å². The second kappa shape index (κ2) is 6.14. The Morgan fingerprint density at radius 3 is 3.00 bits per heavy atom. The number of aromatic hydroxyl groups is 1. The van der Waals surface area contributed by atoms with Crippen molar-refractivity contribution in [1.29, 1.82) is 0 Å². The van der Waals surface area contributed by atoms with Gasteiger partial charge in [0.15, 0.2) is 0 Å². The van der Waals surface area contributed by atoms with E-state index in [0.29, 0.717) is 18.5 Å². The van der Waals surface area contributed by atoms with Crippen LogP contribution in [0.15, 0.2) is 29.4 Å². The van der Waals surface area contributed by atoms with Gasteiger partial charge in [-0.1, -0.05) is 17.3 Å². The highest BCUT2D eigenvalue weighted by Gasteiger charge is 2.07. The van der Waals surface area contributed by atoms with Gasteiger partial charge in [0.2, 0.25) is 0 Å². The number of phenols is 1. The van der Waals surface area contributed by atoms with Gasteiger partial charge in [0.05, 0.1) is 4.92 Å². The average molecular weight is 234 g/mol. The van der Waals surface area contributed by atoms with Gasteiger partial charge in [-0.15, -0.1) is 0 Å². The van der Waals surface area contributed by atoms with Crippen molar-refractivity contribution >= 4 is 11.8 Å². The van der Waals surface area contributed by atoms with Crippen molar-refractivity contribution in [1.82, 2.24) is 0 Å². The predicted octanol–water partition coefficient (Wildman–Crippen LogP) is 3.01. The Bertz CT molecular complexity index is 492. The summed E-state index contributed by atoms with van der Waals surface area (Å²) in [5.74, 6) is -0.0318. The van der Waals surface area contributed by atoms with Crippen LogP contribution >= 0.6 is 0 Å². The second-order valence-electron chi connectivity index (χ2n) is 3.15. The SMILES string of the molecule is [N-]=[N+]=NCCC=Cc1cc([N+](=O)[O-])ccc1O. The van der Waals surface area contributed by atoms with E-state index >= 15 is 0 Å². The number of nitro groups is 1. The normalized spacial score (nSPS) is 10.1. The fraction of sp³-hybridized carbons (Fsp3) is 0.200. The van der Waals surface area contributed by atoms with Crippen LogP contribution in [0.3, 0.4) is 0 Å². The summed E-state index contributed by atoms with van der Waals surface area (Å²) >= 11 is 0. The van der Waals surface area contributed by atoms with Gasteiger partial charge in [-0.2, -0.15) is 0 Å². The fourth-order valence-corrected chi connectivity index (χ4v) is 1.18. The molecule has 0 aromatic heterocycles. The summed E-state index contributed by atoms with van der Waals surface area (Å²) in [7, 11) is 0. The highest BCUT2D eigenvalue weighted by atomic mass is 16.6. The molecule has 1 N–H and O–H groups in total. The lowest BCUT2D eigenvalue weighted by Gasteiger charge is -1.98. The number of azide groups is 1. The molecule has 0 aliphatic heterocycles. The molecule has 1 rings (SSSR count). The monoisotopic (exact) mass is 234 g/mol. The molecule has 0 aliphatic rings. The highest BCUT2D eigenvalue weighted by Crippen LogP contribution is 2.24. The summed E-state index contributed by atoms with van der Waals surface area (Å²) in [5.41, 5.74) is 8.32. The van der Waals surface area contributed by atoms with Gasteiger partial charge in [-0.3, -0.25) is 10.1 Å². The number of non-ortho nitro benzene ring substituents is 1. The van der Waals surface area contributed by atoms with Crippen LogP contribution in [0.2, 0.25) is 0 Å². The summed E-state index contributed by atoms with van der Waals surface area (Å²) in [5, 5.41) is 23.3. The zero-order valence-corrected chi connectivity index (χ0v) is 8.85. The van der Waals surface area contributed by atoms with Gasteiger partial charge in [0.25, 0.3) is 5.69 Å². The number of nitrogens with zero attached hydrogens (tertiary/aromatic N) is 4. The molecule has 0 unspecified atom stereocenters. The van der Waals surface area contributed by atoms with E-state index < -0.39 is 4.92 Å². The Balaban J connectivity index is 2.78. The molecule has 88 valence electrons. The number of rotatable bonds is 5. The summed E-state index contributed by atoms with van der Waals surface area (Å²) in [4.78, 5) is 12.6. The standard InChI is InChI=1S/C10H10N4O3/c11-13-12-6-2-1-3-8-7-9(14(16)17)4-5-10(8)15/h1,3-5,7,15H,2,6H2. The van der Waals surface area contributed by atoms with Gasteiger partial charge >= 0.3 is 0 Å². The number of hydrogen-bond acceptors (Lipinski definition) is 4. The predicted molar refractivity (Wildman–Crippen MR) is 62.4 cm³/mol. The molecule has 0 bridgehead atoms. The number of phenolic OH excluding ortho intramolecular Hbond substituents is 1. The molecule has 0 heterocycles. The Morgan fingerprint density at radius 2 is 2.35 bits per heavy atom. The number of nitro benzene ring substituents is 1. The largest absolute Gasteiger partial charge is 0.507 e. The van der Waals surface area contributed by atoms with E-state index in [-0.39, 0.29) is 11.4 Å². The minimum absolute atomic E-state index is 0.0318. The van der Waals surface area contributed by atoms with Crippen LogP contribution in [-0.4, -0.2) is 16.6 Å². The molecular weight excluding hydrogens is 224 g/mol. The summed E-state index contributed by atoms with van der Waals surface area (Å²) < 4.78 is 0. The first-order chi connectivity index (χ1) is 8.15. The highest BCUT2D eigenvalue weighted by molar-refractivity contribution is 5.60. The van der Waals surface area contributed by atoms with Crippen LogP contribution in [0.25, 0.3) is 16.5 Å². The third kappa shape index (κ3) is 3.84. The quantitative estimate of drug-likeness (QED) is 0.211. The maximum atomic E-state index is 10.5.